The molecule has 1 aliphatic rings. The summed E-state index contributed by atoms with van der Waals surface area (Å²) < 4.78 is 11.2. The van der Waals surface area contributed by atoms with E-state index in [0.29, 0.717) is 6.42 Å². The van der Waals surface area contributed by atoms with E-state index < -0.39 is 49.5 Å². The lowest BCUT2D eigenvalue weighted by atomic mass is 9.99. The van der Waals surface area contributed by atoms with Crippen LogP contribution in [0.1, 0.15) is 239 Å². The lowest BCUT2D eigenvalue weighted by molar-refractivity contribution is -0.302. The van der Waals surface area contributed by atoms with Gasteiger partial charge < -0.3 is 40.3 Å². The summed E-state index contributed by atoms with van der Waals surface area (Å²) in [5.74, 6) is -0.191. The molecule has 0 radical (unpaired) electrons. The van der Waals surface area contributed by atoms with Crippen LogP contribution in [0.25, 0.3) is 0 Å². The maximum atomic E-state index is 13.0. The van der Waals surface area contributed by atoms with E-state index in [2.05, 4.69) is 55.6 Å². The Hall–Kier alpha value is -1.85. The van der Waals surface area contributed by atoms with E-state index in [4.69, 9.17) is 9.47 Å². The standard InChI is InChI=1S/C55H101NO8/c1-3-5-7-9-11-13-15-17-19-21-23-25-27-29-31-33-35-37-39-41-43-45-51(59)56-48(47-63-55-54(62)53(61)52(60)50(46-57)64-55)49(58)44-42-40-38-36-34-32-30-28-26-24-22-20-18-16-14-12-10-8-6-4-2/h15,17,21,23,34,36,42,44,48-50,52-55,57-58,60-62H,3-14,16,18-20,22,24-33,35,37-41,43,45-47H2,1-2H3,(H,56,59)/b17-15-,23-21-,36-34+,44-42+. The third kappa shape index (κ3) is 34.5. The molecule has 9 heteroatoms. The Balaban J connectivity index is 2.30. The Morgan fingerprint density at radius 1 is 0.531 bits per heavy atom. The normalized spacial score (nSPS) is 20.4. The van der Waals surface area contributed by atoms with Crippen molar-refractivity contribution < 1.29 is 39.8 Å². The van der Waals surface area contributed by atoms with Crippen LogP contribution in [0.2, 0.25) is 0 Å². The third-order valence-electron chi connectivity index (χ3n) is 12.6. The number of amides is 1. The second-order valence-electron chi connectivity index (χ2n) is 18.7. The Bertz CT molecular complexity index is 1140. The second kappa shape index (κ2) is 45.0. The van der Waals surface area contributed by atoms with Gasteiger partial charge >= 0.3 is 0 Å². The molecule has 7 unspecified atom stereocenters. The minimum atomic E-state index is -1.57. The van der Waals surface area contributed by atoms with Crippen LogP contribution < -0.4 is 5.32 Å². The minimum absolute atomic E-state index is 0.191. The number of carbonyl (C=O) groups excluding carboxylic acids is 1. The number of hydrogen-bond acceptors (Lipinski definition) is 8. The van der Waals surface area contributed by atoms with Crippen molar-refractivity contribution >= 4 is 5.91 Å². The number of nitrogens with one attached hydrogen (secondary N) is 1. The summed E-state index contributed by atoms with van der Waals surface area (Å²) in [6, 6.07) is -0.825. The first-order chi connectivity index (χ1) is 31.3. The highest BCUT2D eigenvalue weighted by Gasteiger charge is 2.44. The van der Waals surface area contributed by atoms with E-state index in [0.717, 1.165) is 51.4 Å². The van der Waals surface area contributed by atoms with Crippen molar-refractivity contribution in [3.63, 3.8) is 0 Å². The van der Waals surface area contributed by atoms with Gasteiger partial charge in [-0.15, -0.1) is 0 Å². The molecule has 0 spiro atoms. The van der Waals surface area contributed by atoms with Crippen molar-refractivity contribution in [1.29, 1.82) is 0 Å². The number of rotatable bonds is 45. The van der Waals surface area contributed by atoms with E-state index in [1.807, 2.05) is 6.08 Å². The zero-order chi connectivity index (χ0) is 46.6. The van der Waals surface area contributed by atoms with Crippen molar-refractivity contribution in [3.8, 4) is 0 Å². The molecule has 6 N–H and O–H groups in total. The van der Waals surface area contributed by atoms with Crippen LogP contribution in [0.15, 0.2) is 48.6 Å². The van der Waals surface area contributed by atoms with Crippen LogP contribution in [0.3, 0.4) is 0 Å². The number of carbonyl (C=O) groups is 1. The highest BCUT2D eigenvalue weighted by Crippen LogP contribution is 2.23. The molecule has 1 heterocycles. The molecule has 0 aromatic rings. The van der Waals surface area contributed by atoms with Crippen LogP contribution in [0.5, 0.6) is 0 Å². The first-order valence-corrected chi connectivity index (χ1v) is 26.9. The number of ether oxygens (including phenoxy) is 2. The van der Waals surface area contributed by atoms with E-state index in [1.165, 1.54) is 167 Å². The van der Waals surface area contributed by atoms with Crippen molar-refractivity contribution in [2.45, 2.75) is 281 Å². The molecular formula is C55H101NO8. The molecule has 374 valence electrons. The van der Waals surface area contributed by atoms with Gasteiger partial charge in [-0.3, -0.25) is 4.79 Å². The molecule has 1 aliphatic heterocycles. The smallest absolute Gasteiger partial charge is 0.220 e. The lowest BCUT2D eigenvalue weighted by Crippen LogP contribution is -2.60. The van der Waals surface area contributed by atoms with Gasteiger partial charge in [0.2, 0.25) is 5.91 Å². The van der Waals surface area contributed by atoms with Gasteiger partial charge in [0.25, 0.3) is 0 Å². The average Bonchev–Trinajstić information content (AvgIpc) is 3.29. The maximum Gasteiger partial charge on any atom is 0.220 e. The Morgan fingerprint density at radius 2 is 0.938 bits per heavy atom. The summed E-state index contributed by atoms with van der Waals surface area (Å²) in [5.41, 5.74) is 0. The summed E-state index contributed by atoms with van der Waals surface area (Å²) >= 11 is 0. The fourth-order valence-electron chi connectivity index (χ4n) is 8.32. The van der Waals surface area contributed by atoms with Crippen LogP contribution in [0.4, 0.5) is 0 Å². The monoisotopic (exact) mass is 904 g/mol. The molecule has 0 aromatic carbocycles. The van der Waals surface area contributed by atoms with Crippen molar-refractivity contribution in [2.24, 2.45) is 0 Å². The fourth-order valence-corrected chi connectivity index (χ4v) is 8.32. The maximum absolute atomic E-state index is 13.0. The molecule has 0 bridgehead atoms. The van der Waals surface area contributed by atoms with Gasteiger partial charge in [-0.05, 0) is 64.2 Å². The van der Waals surface area contributed by atoms with Crippen molar-refractivity contribution in [2.75, 3.05) is 13.2 Å². The van der Waals surface area contributed by atoms with Gasteiger partial charge in [0.05, 0.1) is 25.4 Å². The Labute approximate surface area is 393 Å². The summed E-state index contributed by atoms with van der Waals surface area (Å²) in [6.45, 7) is 3.76. The quantitative estimate of drug-likeness (QED) is 0.0261. The molecular weight excluding hydrogens is 803 g/mol. The van der Waals surface area contributed by atoms with E-state index in [-0.39, 0.29) is 12.5 Å². The zero-order valence-electron chi connectivity index (χ0n) is 41.3. The number of aliphatic hydroxyl groups excluding tert-OH is 5. The number of unbranched alkanes of at least 4 members (excludes halogenated alkanes) is 29. The van der Waals surface area contributed by atoms with Crippen molar-refractivity contribution in [3.05, 3.63) is 48.6 Å². The van der Waals surface area contributed by atoms with Gasteiger partial charge in [-0.1, -0.05) is 217 Å². The highest BCUT2D eigenvalue weighted by molar-refractivity contribution is 5.76. The van der Waals surface area contributed by atoms with Gasteiger partial charge in [-0.2, -0.15) is 0 Å². The highest BCUT2D eigenvalue weighted by atomic mass is 16.7. The zero-order valence-corrected chi connectivity index (χ0v) is 41.3. The third-order valence-corrected chi connectivity index (χ3v) is 12.6. The first-order valence-electron chi connectivity index (χ1n) is 26.9. The Kier molecular flexibility index (Phi) is 42.3. The topological polar surface area (TPSA) is 149 Å². The predicted molar refractivity (Wildman–Crippen MR) is 267 cm³/mol. The first kappa shape index (κ1) is 60.2. The van der Waals surface area contributed by atoms with Crippen LogP contribution >= 0.6 is 0 Å². The summed E-state index contributed by atoms with van der Waals surface area (Å²) in [4.78, 5) is 13.0. The summed E-state index contributed by atoms with van der Waals surface area (Å²) in [6.07, 6.45) is 51.6. The van der Waals surface area contributed by atoms with Crippen LogP contribution in [-0.4, -0.2) is 87.5 Å². The number of aliphatic hydroxyl groups is 5. The van der Waals surface area contributed by atoms with Gasteiger partial charge in [0.15, 0.2) is 6.29 Å². The van der Waals surface area contributed by atoms with Gasteiger partial charge in [0.1, 0.15) is 24.4 Å². The molecule has 0 aromatic heterocycles. The lowest BCUT2D eigenvalue weighted by Gasteiger charge is -2.40. The molecule has 1 saturated heterocycles. The van der Waals surface area contributed by atoms with Crippen LogP contribution in [0, 0.1) is 0 Å². The van der Waals surface area contributed by atoms with E-state index in [9.17, 15) is 30.3 Å². The summed E-state index contributed by atoms with van der Waals surface area (Å²) in [7, 11) is 0. The predicted octanol–water partition coefficient (Wildman–Crippen LogP) is 12.6. The van der Waals surface area contributed by atoms with Gasteiger partial charge in [-0.25, -0.2) is 0 Å². The Morgan fingerprint density at radius 3 is 1.41 bits per heavy atom. The molecule has 9 nitrogen and oxygen atoms in total. The molecule has 1 rings (SSSR count). The summed E-state index contributed by atoms with van der Waals surface area (Å²) in [5, 5.41) is 54.4. The molecule has 64 heavy (non-hydrogen) atoms. The van der Waals surface area contributed by atoms with Crippen LogP contribution in [-0.2, 0) is 14.3 Å². The molecule has 0 aliphatic carbocycles. The number of hydrogen-bond donors (Lipinski definition) is 6. The van der Waals surface area contributed by atoms with E-state index >= 15 is 0 Å². The molecule has 7 atom stereocenters. The number of allylic oxidation sites excluding steroid dienone is 7. The molecule has 0 saturated carbocycles. The SMILES string of the molecule is CCCCCCC/C=C\C/C=C\CCCCCCCCCCCC(=O)NC(COC1OC(CO)C(O)C(O)C1O)C(O)/C=C/CC/C=C/CCCCCCCCCCCCCCCC. The molecule has 1 fully saturated rings. The molecule has 1 amide bonds. The fraction of sp³-hybridized carbons (Fsp3) is 0.836. The largest absolute Gasteiger partial charge is 0.394 e. The minimum Gasteiger partial charge on any atom is -0.394 e. The van der Waals surface area contributed by atoms with Crippen molar-refractivity contribution in [1.82, 2.24) is 5.32 Å². The second-order valence-corrected chi connectivity index (χ2v) is 18.7. The van der Waals surface area contributed by atoms with E-state index in [1.54, 1.807) is 6.08 Å². The van der Waals surface area contributed by atoms with Gasteiger partial charge in [0, 0.05) is 6.42 Å². The average molecular weight is 904 g/mol.